The Morgan fingerprint density at radius 1 is 1.20 bits per heavy atom. The van der Waals surface area contributed by atoms with Crippen molar-refractivity contribution in [2.45, 2.75) is 20.3 Å². The topological polar surface area (TPSA) is 37.3 Å². The third-order valence-electron chi connectivity index (χ3n) is 2.84. The summed E-state index contributed by atoms with van der Waals surface area (Å²) in [5.41, 5.74) is 1.45. The summed E-state index contributed by atoms with van der Waals surface area (Å²) in [5, 5.41) is 9.78. The third-order valence-corrected chi connectivity index (χ3v) is 2.84. The van der Waals surface area contributed by atoms with Gasteiger partial charge in [0.2, 0.25) is 0 Å². The molecule has 1 N–H and O–H groups in total. The Morgan fingerprint density at radius 2 is 1.80 bits per heavy atom. The number of rotatable bonds is 1. The second-order valence-electron chi connectivity index (χ2n) is 4.57. The Labute approximate surface area is 89.2 Å². The molecule has 0 amide bonds. The summed E-state index contributed by atoms with van der Waals surface area (Å²) in [6.45, 7) is 3.97. The van der Waals surface area contributed by atoms with Crippen molar-refractivity contribution >= 4 is 11.4 Å². The number of hydrogen-bond acceptors (Lipinski definition) is 2. The van der Waals surface area contributed by atoms with E-state index in [2.05, 4.69) is 0 Å². The summed E-state index contributed by atoms with van der Waals surface area (Å²) < 4.78 is 0. The lowest BCUT2D eigenvalue weighted by atomic mass is 9.82. The van der Waals surface area contributed by atoms with Crippen LogP contribution >= 0.6 is 0 Å². The average molecular weight is 202 g/mol. The molecular formula is C13H14O2. The van der Waals surface area contributed by atoms with Crippen LogP contribution in [0.25, 0.3) is 5.57 Å². The Bertz CT molecular complexity index is 427. The van der Waals surface area contributed by atoms with Crippen molar-refractivity contribution < 1.29 is 9.90 Å². The fraction of sp³-hybridized carbons (Fsp3) is 0.308. The first-order valence-electron chi connectivity index (χ1n) is 5.05. The molecule has 1 aliphatic rings. The van der Waals surface area contributed by atoms with E-state index in [0.717, 1.165) is 11.1 Å². The Kier molecular flexibility index (Phi) is 2.14. The fourth-order valence-corrected chi connectivity index (χ4v) is 2.17. The molecule has 1 aliphatic carbocycles. The lowest BCUT2D eigenvalue weighted by Crippen LogP contribution is -2.10. The fourth-order valence-electron chi connectivity index (χ4n) is 2.17. The molecule has 0 atom stereocenters. The van der Waals surface area contributed by atoms with Crippen molar-refractivity contribution in [3.05, 3.63) is 41.7 Å². The van der Waals surface area contributed by atoms with Gasteiger partial charge in [0.05, 0.1) is 0 Å². The van der Waals surface area contributed by atoms with E-state index in [4.69, 9.17) is 0 Å². The van der Waals surface area contributed by atoms with E-state index in [1.807, 2.05) is 44.2 Å². The van der Waals surface area contributed by atoms with Gasteiger partial charge >= 0.3 is 0 Å². The number of benzene rings is 1. The van der Waals surface area contributed by atoms with Crippen LogP contribution in [-0.2, 0) is 4.79 Å². The maximum atomic E-state index is 11.5. The van der Waals surface area contributed by atoms with Crippen LogP contribution in [0.15, 0.2) is 36.1 Å². The van der Waals surface area contributed by atoms with Gasteiger partial charge in [-0.25, -0.2) is 0 Å². The highest BCUT2D eigenvalue weighted by Gasteiger charge is 2.39. The standard InChI is InChI=1S/C13H14O2/c1-13(2)8-10(14)12(15)11(13)9-6-4-3-5-7-9/h3-7,15H,8H2,1-2H3. The number of allylic oxidation sites excluding steroid dienone is 2. The summed E-state index contributed by atoms with van der Waals surface area (Å²) in [6, 6.07) is 9.59. The zero-order chi connectivity index (χ0) is 11.1. The van der Waals surface area contributed by atoms with Crippen molar-refractivity contribution in [2.24, 2.45) is 5.41 Å². The second kappa shape index (κ2) is 3.23. The molecule has 0 unspecified atom stereocenters. The highest BCUT2D eigenvalue weighted by molar-refractivity contribution is 6.06. The average Bonchev–Trinajstić information content (AvgIpc) is 2.37. The smallest absolute Gasteiger partial charge is 0.198 e. The zero-order valence-electron chi connectivity index (χ0n) is 8.95. The van der Waals surface area contributed by atoms with Crippen molar-refractivity contribution in [2.75, 3.05) is 0 Å². The number of ketones is 1. The molecular weight excluding hydrogens is 188 g/mol. The van der Waals surface area contributed by atoms with Crippen LogP contribution in [0.5, 0.6) is 0 Å². The van der Waals surface area contributed by atoms with E-state index >= 15 is 0 Å². The number of hydrogen-bond donors (Lipinski definition) is 1. The molecule has 1 aromatic rings. The van der Waals surface area contributed by atoms with Crippen LogP contribution in [0, 0.1) is 5.41 Å². The molecule has 0 saturated carbocycles. The molecule has 0 heterocycles. The number of carbonyl (C=O) groups excluding carboxylic acids is 1. The Morgan fingerprint density at radius 3 is 2.27 bits per heavy atom. The molecule has 0 radical (unpaired) electrons. The normalized spacial score (nSPS) is 19.7. The van der Waals surface area contributed by atoms with E-state index in [0.29, 0.717) is 6.42 Å². The molecule has 15 heavy (non-hydrogen) atoms. The first-order chi connectivity index (χ1) is 7.02. The van der Waals surface area contributed by atoms with Crippen molar-refractivity contribution in [3.63, 3.8) is 0 Å². The van der Waals surface area contributed by atoms with Crippen LogP contribution < -0.4 is 0 Å². The monoisotopic (exact) mass is 202 g/mol. The number of aliphatic hydroxyl groups is 1. The molecule has 0 saturated heterocycles. The third kappa shape index (κ3) is 1.56. The summed E-state index contributed by atoms with van der Waals surface area (Å²) in [4.78, 5) is 11.5. The van der Waals surface area contributed by atoms with Gasteiger partial charge in [-0.2, -0.15) is 0 Å². The van der Waals surface area contributed by atoms with E-state index in [9.17, 15) is 9.90 Å². The van der Waals surface area contributed by atoms with Crippen LogP contribution in [-0.4, -0.2) is 10.9 Å². The van der Waals surface area contributed by atoms with Gasteiger partial charge in [0.15, 0.2) is 11.5 Å². The first-order valence-corrected chi connectivity index (χ1v) is 5.05. The quantitative estimate of drug-likeness (QED) is 0.760. The van der Waals surface area contributed by atoms with Crippen LogP contribution in [0.2, 0.25) is 0 Å². The van der Waals surface area contributed by atoms with E-state index in [1.54, 1.807) is 0 Å². The first kappa shape index (κ1) is 9.97. The van der Waals surface area contributed by atoms with Crippen molar-refractivity contribution in [1.29, 1.82) is 0 Å². The molecule has 0 aliphatic heterocycles. The molecule has 2 nitrogen and oxygen atoms in total. The van der Waals surface area contributed by atoms with Gasteiger partial charge in [0.1, 0.15) is 0 Å². The molecule has 0 aromatic heterocycles. The van der Waals surface area contributed by atoms with E-state index in [-0.39, 0.29) is 17.0 Å². The summed E-state index contributed by atoms with van der Waals surface area (Å²) >= 11 is 0. The van der Waals surface area contributed by atoms with Crippen LogP contribution in [0.4, 0.5) is 0 Å². The second-order valence-corrected chi connectivity index (χ2v) is 4.57. The van der Waals surface area contributed by atoms with Crippen molar-refractivity contribution in [3.8, 4) is 0 Å². The Hall–Kier alpha value is -1.57. The van der Waals surface area contributed by atoms with Gasteiger partial charge in [-0.1, -0.05) is 44.2 Å². The predicted molar refractivity (Wildman–Crippen MR) is 59.4 cm³/mol. The number of carbonyl (C=O) groups is 1. The molecule has 1 aromatic carbocycles. The van der Waals surface area contributed by atoms with Gasteiger partial charge < -0.3 is 5.11 Å². The van der Waals surface area contributed by atoms with Crippen molar-refractivity contribution in [1.82, 2.24) is 0 Å². The minimum absolute atomic E-state index is 0.0637. The highest BCUT2D eigenvalue weighted by atomic mass is 16.3. The summed E-state index contributed by atoms with van der Waals surface area (Å²) in [5.74, 6) is -0.218. The Balaban J connectivity index is 2.57. The van der Waals surface area contributed by atoms with Crippen LogP contribution in [0.3, 0.4) is 0 Å². The summed E-state index contributed by atoms with van der Waals surface area (Å²) in [7, 11) is 0. The van der Waals surface area contributed by atoms with Crippen LogP contribution in [0.1, 0.15) is 25.8 Å². The molecule has 0 spiro atoms. The molecule has 0 fully saturated rings. The maximum Gasteiger partial charge on any atom is 0.198 e. The van der Waals surface area contributed by atoms with Gasteiger partial charge in [-0.3, -0.25) is 4.79 Å². The molecule has 78 valence electrons. The zero-order valence-corrected chi connectivity index (χ0v) is 8.95. The number of aliphatic hydroxyl groups excluding tert-OH is 1. The lowest BCUT2D eigenvalue weighted by molar-refractivity contribution is -0.117. The SMILES string of the molecule is CC1(C)CC(=O)C(O)=C1c1ccccc1. The molecule has 0 bridgehead atoms. The summed E-state index contributed by atoms with van der Waals surface area (Å²) in [6.07, 6.45) is 0.392. The largest absolute Gasteiger partial charge is 0.504 e. The minimum atomic E-state index is -0.261. The minimum Gasteiger partial charge on any atom is -0.504 e. The lowest BCUT2D eigenvalue weighted by Gasteiger charge is -2.21. The van der Waals surface area contributed by atoms with E-state index in [1.165, 1.54) is 0 Å². The maximum absolute atomic E-state index is 11.5. The van der Waals surface area contributed by atoms with Gasteiger partial charge in [-0.15, -0.1) is 0 Å². The molecule has 2 rings (SSSR count). The number of Topliss-reactive ketones (excluding diaryl/α,β-unsaturated/α-hetero) is 1. The van der Waals surface area contributed by atoms with Gasteiger partial charge in [-0.05, 0) is 5.56 Å². The predicted octanol–water partition coefficient (Wildman–Crippen LogP) is 2.95. The van der Waals surface area contributed by atoms with E-state index < -0.39 is 0 Å². The molecule has 2 heteroatoms. The van der Waals surface area contributed by atoms with Gasteiger partial charge in [0, 0.05) is 17.4 Å². The van der Waals surface area contributed by atoms with Gasteiger partial charge in [0.25, 0.3) is 0 Å². The highest BCUT2D eigenvalue weighted by Crippen LogP contribution is 2.45.